The van der Waals surface area contributed by atoms with Gasteiger partial charge in [-0.15, -0.1) is 11.8 Å². The highest BCUT2D eigenvalue weighted by molar-refractivity contribution is 7.99. The number of aromatic nitrogens is 2. The summed E-state index contributed by atoms with van der Waals surface area (Å²) >= 11 is 1.60. The Morgan fingerprint density at radius 3 is 2.45 bits per heavy atom. The topological polar surface area (TPSA) is 64.4 Å². The van der Waals surface area contributed by atoms with Crippen molar-refractivity contribution >= 4 is 17.7 Å². The van der Waals surface area contributed by atoms with Crippen LogP contribution in [0.15, 0.2) is 53.6 Å². The molecule has 3 rings (SSSR count). The van der Waals surface area contributed by atoms with E-state index in [4.69, 9.17) is 9.84 Å². The van der Waals surface area contributed by atoms with Crippen LogP contribution < -0.4 is 4.74 Å². The van der Waals surface area contributed by atoms with Crippen LogP contribution in [0.4, 0.5) is 13.2 Å². The molecule has 0 bridgehead atoms. The molecule has 0 saturated carbocycles. The molecule has 1 aromatic heterocycles. The normalized spacial score (nSPS) is 12.6. The summed E-state index contributed by atoms with van der Waals surface area (Å²) in [5.74, 6) is -0.516. The fraction of sp³-hybridized carbons (Fsp3) is 0.273. The van der Waals surface area contributed by atoms with E-state index in [1.54, 1.807) is 22.5 Å². The number of aliphatic carboxylic acids is 1. The van der Waals surface area contributed by atoms with Gasteiger partial charge in [-0.05, 0) is 68.8 Å². The summed E-state index contributed by atoms with van der Waals surface area (Å²) in [6, 6.07) is 10.4. The zero-order valence-electron chi connectivity index (χ0n) is 17.1. The van der Waals surface area contributed by atoms with Crippen molar-refractivity contribution in [3.8, 4) is 11.4 Å². The van der Waals surface area contributed by atoms with E-state index >= 15 is 0 Å². The van der Waals surface area contributed by atoms with Crippen molar-refractivity contribution in [2.75, 3.05) is 6.61 Å². The number of thioether (sulfide) groups is 1. The monoisotopic (exact) mass is 450 g/mol. The molecule has 0 spiro atoms. The summed E-state index contributed by atoms with van der Waals surface area (Å²) in [6.07, 6.45) is -2.55. The first-order chi connectivity index (χ1) is 14.5. The number of nitrogens with zero attached hydrogens (tertiary/aromatic N) is 2. The highest BCUT2D eigenvalue weighted by atomic mass is 32.2. The van der Waals surface area contributed by atoms with Crippen molar-refractivity contribution in [2.45, 2.75) is 37.1 Å². The van der Waals surface area contributed by atoms with E-state index < -0.39 is 24.3 Å². The lowest BCUT2D eigenvalue weighted by Gasteiger charge is -2.13. The molecule has 1 N–H and O–H groups in total. The third-order valence-electron chi connectivity index (χ3n) is 4.64. The minimum absolute atomic E-state index is 0.0355. The lowest BCUT2D eigenvalue weighted by Crippen LogP contribution is -2.10. The first-order valence-electron chi connectivity index (χ1n) is 9.40. The predicted octanol–water partition coefficient (Wildman–Crippen LogP) is 5.82. The number of ether oxygens (including phenoxy) is 1. The smallest absolute Gasteiger partial charge is 0.416 e. The Morgan fingerprint density at radius 1 is 1.19 bits per heavy atom. The summed E-state index contributed by atoms with van der Waals surface area (Å²) in [4.78, 5) is 11.6. The van der Waals surface area contributed by atoms with Crippen molar-refractivity contribution < 1.29 is 27.8 Å². The molecule has 164 valence electrons. The third-order valence-corrected chi connectivity index (χ3v) is 5.78. The predicted molar refractivity (Wildman–Crippen MR) is 112 cm³/mol. The maximum Gasteiger partial charge on any atom is 0.416 e. The average Bonchev–Trinajstić information content (AvgIpc) is 3.08. The number of aryl methyl sites for hydroxylation is 2. The fourth-order valence-corrected chi connectivity index (χ4v) is 4.23. The second kappa shape index (κ2) is 9.05. The number of alkyl halides is 3. The Bertz CT molecular complexity index is 1080. The molecule has 9 heteroatoms. The van der Waals surface area contributed by atoms with Crippen molar-refractivity contribution in [3.63, 3.8) is 0 Å². The van der Waals surface area contributed by atoms with Crippen LogP contribution in [0.25, 0.3) is 5.69 Å². The molecule has 2 aromatic carbocycles. The van der Waals surface area contributed by atoms with E-state index in [-0.39, 0.29) is 5.25 Å². The van der Waals surface area contributed by atoms with Gasteiger partial charge in [-0.2, -0.15) is 18.3 Å². The van der Waals surface area contributed by atoms with E-state index in [9.17, 15) is 18.0 Å². The van der Waals surface area contributed by atoms with Gasteiger partial charge in [-0.1, -0.05) is 0 Å². The number of hydrogen-bond donors (Lipinski definition) is 1. The summed E-state index contributed by atoms with van der Waals surface area (Å²) < 4.78 is 45.2. The first kappa shape index (κ1) is 22.7. The minimum Gasteiger partial charge on any atom is -0.482 e. The van der Waals surface area contributed by atoms with Gasteiger partial charge in [0.1, 0.15) is 5.75 Å². The lowest BCUT2D eigenvalue weighted by atomic mass is 10.2. The van der Waals surface area contributed by atoms with Crippen LogP contribution in [0.5, 0.6) is 5.75 Å². The van der Waals surface area contributed by atoms with Gasteiger partial charge in [-0.3, -0.25) is 0 Å². The summed E-state index contributed by atoms with van der Waals surface area (Å²) in [5.41, 5.74) is 2.44. The highest BCUT2D eigenvalue weighted by Crippen LogP contribution is 2.38. The zero-order valence-corrected chi connectivity index (χ0v) is 17.9. The quantitative estimate of drug-likeness (QED) is 0.459. The summed E-state index contributed by atoms with van der Waals surface area (Å²) in [6.45, 7) is 5.34. The van der Waals surface area contributed by atoms with Crippen LogP contribution >= 0.6 is 11.8 Å². The van der Waals surface area contributed by atoms with E-state index in [1.165, 1.54) is 12.1 Å². The van der Waals surface area contributed by atoms with E-state index in [0.29, 0.717) is 11.4 Å². The molecular weight excluding hydrogens is 429 g/mol. The SMILES string of the molecule is Cc1cc(SC(C)c2cn(-c3ccc(C(F)(F)F)cc3)nc2C)ccc1OCC(=O)O. The van der Waals surface area contributed by atoms with Gasteiger partial charge in [0.25, 0.3) is 0 Å². The molecule has 0 saturated heterocycles. The largest absolute Gasteiger partial charge is 0.482 e. The van der Waals surface area contributed by atoms with Gasteiger partial charge in [-0.25, -0.2) is 9.48 Å². The first-order valence-corrected chi connectivity index (χ1v) is 10.3. The Balaban J connectivity index is 1.74. The molecule has 31 heavy (non-hydrogen) atoms. The van der Waals surface area contributed by atoms with Crippen LogP contribution in [-0.4, -0.2) is 27.5 Å². The van der Waals surface area contributed by atoms with Gasteiger partial charge in [0.05, 0.1) is 16.9 Å². The minimum atomic E-state index is -4.37. The van der Waals surface area contributed by atoms with Gasteiger partial charge < -0.3 is 9.84 Å². The van der Waals surface area contributed by atoms with E-state index in [1.807, 2.05) is 39.1 Å². The molecule has 0 aliphatic rings. The van der Waals surface area contributed by atoms with E-state index in [2.05, 4.69) is 5.10 Å². The molecule has 3 aromatic rings. The molecule has 0 fully saturated rings. The number of hydrogen-bond acceptors (Lipinski definition) is 4. The Kier molecular flexibility index (Phi) is 6.64. The average molecular weight is 450 g/mol. The van der Waals surface area contributed by atoms with Crippen LogP contribution in [-0.2, 0) is 11.0 Å². The third kappa shape index (κ3) is 5.61. The number of halogens is 3. The number of carboxylic acids is 1. The number of rotatable bonds is 7. The maximum absolute atomic E-state index is 12.8. The number of carboxylic acid groups (broad SMARTS) is 1. The van der Waals surface area contributed by atoms with Crippen LogP contribution in [0.3, 0.4) is 0 Å². The van der Waals surface area contributed by atoms with Gasteiger partial charge in [0, 0.05) is 21.9 Å². The van der Waals surface area contributed by atoms with Crippen molar-refractivity contribution in [1.82, 2.24) is 9.78 Å². The molecular formula is C22H21F3N2O3S. The molecule has 0 aliphatic heterocycles. The Hall–Kier alpha value is -2.94. The van der Waals surface area contributed by atoms with Crippen molar-refractivity contribution in [1.29, 1.82) is 0 Å². The second-order valence-electron chi connectivity index (χ2n) is 7.03. The van der Waals surface area contributed by atoms with E-state index in [0.717, 1.165) is 33.8 Å². The molecule has 1 atom stereocenters. The van der Waals surface area contributed by atoms with Gasteiger partial charge >= 0.3 is 12.1 Å². The summed E-state index contributed by atoms with van der Waals surface area (Å²) in [7, 11) is 0. The standard InChI is InChI=1S/C22H21F3N2O3S/c1-13-10-18(8-9-20(13)30-12-21(28)29)31-15(3)19-11-27(26-14(19)2)17-6-4-16(5-7-17)22(23,24)25/h4-11,15H,12H2,1-3H3,(H,28,29). The van der Waals surface area contributed by atoms with Crippen molar-refractivity contribution in [3.05, 3.63) is 71.0 Å². The number of carbonyl (C=O) groups is 1. The Labute approximate surface area is 181 Å². The van der Waals surface area contributed by atoms with Crippen LogP contribution in [0.2, 0.25) is 0 Å². The zero-order chi connectivity index (χ0) is 22.8. The molecule has 1 unspecified atom stereocenters. The highest BCUT2D eigenvalue weighted by Gasteiger charge is 2.30. The molecule has 5 nitrogen and oxygen atoms in total. The lowest BCUT2D eigenvalue weighted by molar-refractivity contribution is -0.139. The molecule has 0 aliphatic carbocycles. The number of benzene rings is 2. The van der Waals surface area contributed by atoms with Crippen molar-refractivity contribution in [2.24, 2.45) is 0 Å². The van der Waals surface area contributed by atoms with Crippen LogP contribution in [0.1, 0.15) is 34.6 Å². The Morgan fingerprint density at radius 2 is 1.87 bits per heavy atom. The van der Waals surface area contributed by atoms with Crippen LogP contribution in [0, 0.1) is 13.8 Å². The second-order valence-corrected chi connectivity index (χ2v) is 8.44. The molecule has 1 heterocycles. The molecule has 0 amide bonds. The molecule has 0 radical (unpaired) electrons. The van der Waals surface area contributed by atoms with Gasteiger partial charge in [0.15, 0.2) is 6.61 Å². The maximum atomic E-state index is 12.8. The van der Waals surface area contributed by atoms with Gasteiger partial charge in [0.2, 0.25) is 0 Å². The summed E-state index contributed by atoms with van der Waals surface area (Å²) in [5, 5.41) is 13.2. The fourth-order valence-electron chi connectivity index (χ4n) is 3.07.